The largest absolute Gasteiger partial charge is 0.361 e. The summed E-state index contributed by atoms with van der Waals surface area (Å²) in [5.41, 5.74) is 2.94. The molecule has 0 radical (unpaired) electrons. The number of benzene rings is 1. The summed E-state index contributed by atoms with van der Waals surface area (Å²) in [6.45, 7) is 6.34. The number of carbonyl (C=O) groups excluding carboxylic acids is 1. The smallest absolute Gasteiger partial charge is 0.226 e. The third-order valence-corrected chi connectivity index (χ3v) is 4.07. The Morgan fingerprint density at radius 3 is 2.72 bits per heavy atom. The molecule has 0 bridgehead atoms. The van der Waals surface area contributed by atoms with E-state index in [0.29, 0.717) is 18.8 Å². The topological polar surface area (TPSA) is 85.8 Å². The monoisotopic (exact) mass is 339 g/mol. The maximum absolute atomic E-state index is 12.3. The molecule has 0 aliphatic heterocycles. The quantitative estimate of drug-likeness (QED) is 0.746. The predicted molar refractivity (Wildman–Crippen MR) is 93.2 cm³/mol. The van der Waals surface area contributed by atoms with Crippen LogP contribution in [0.5, 0.6) is 0 Å². The fourth-order valence-electron chi connectivity index (χ4n) is 2.97. The molecule has 1 atom stereocenters. The molecular weight excluding hydrogens is 318 g/mol. The molecular formula is C18H21N5O2. The van der Waals surface area contributed by atoms with Gasteiger partial charge in [-0.3, -0.25) is 4.79 Å². The number of amides is 1. The maximum Gasteiger partial charge on any atom is 0.226 e. The Morgan fingerprint density at radius 2 is 2.04 bits per heavy atom. The molecule has 0 aliphatic rings. The summed E-state index contributed by atoms with van der Waals surface area (Å²) in [6.07, 6.45) is 2.06. The molecule has 3 rings (SSSR count). The van der Waals surface area contributed by atoms with Gasteiger partial charge in [-0.15, -0.1) is 5.10 Å². The van der Waals surface area contributed by atoms with Crippen LogP contribution in [0.1, 0.15) is 41.8 Å². The molecule has 0 saturated carbocycles. The van der Waals surface area contributed by atoms with E-state index < -0.39 is 0 Å². The number of hydrogen-bond donors (Lipinski definition) is 1. The van der Waals surface area contributed by atoms with Gasteiger partial charge in [-0.1, -0.05) is 47.6 Å². The summed E-state index contributed by atoms with van der Waals surface area (Å²) >= 11 is 0. The zero-order valence-corrected chi connectivity index (χ0v) is 14.6. The van der Waals surface area contributed by atoms with Crippen molar-refractivity contribution >= 4 is 11.7 Å². The minimum atomic E-state index is -0.112. The molecule has 7 heteroatoms. The number of rotatable bonds is 6. The summed E-state index contributed by atoms with van der Waals surface area (Å²) in [5.74, 6) is 1.11. The number of anilines is 1. The molecule has 0 saturated heterocycles. The zero-order chi connectivity index (χ0) is 17.8. The van der Waals surface area contributed by atoms with Gasteiger partial charge in [-0.05, 0) is 25.3 Å². The number of carbonyl (C=O) groups is 1. The minimum Gasteiger partial charge on any atom is -0.361 e. The van der Waals surface area contributed by atoms with Crippen molar-refractivity contribution in [1.29, 1.82) is 0 Å². The molecule has 2 aromatic heterocycles. The third kappa shape index (κ3) is 4.12. The summed E-state index contributed by atoms with van der Waals surface area (Å²) in [5, 5.41) is 14.8. The normalized spacial score (nSPS) is 12.1. The highest BCUT2D eigenvalue weighted by molar-refractivity contribution is 5.90. The van der Waals surface area contributed by atoms with E-state index in [0.717, 1.165) is 22.6 Å². The summed E-state index contributed by atoms with van der Waals surface area (Å²) in [4.78, 5) is 12.3. The van der Waals surface area contributed by atoms with Crippen LogP contribution in [0, 0.1) is 13.8 Å². The molecule has 1 aromatic carbocycles. The van der Waals surface area contributed by atoms with E-state index in [-0.39, 0.29) is 11.8 Å². The second kappa shape index (κ2) is 7.29. The van der Waals surface area contributed by atoms with Gasteiger partial charge >= 0.3 is 0 Å². The molecule has 0 unspecified atom stereocenters. The van der Waals surface area contributed by atoms with Gasteiger partial charge < -0.3 is 9.84 Å². The van der Waals surface area contributed by atoms with Crippen LogP contribution >= 0.6 is 0 Å². The van der Waals surface area contributed by atoms with Gasteiger partial charge in [0.25, 0.3) is 0 Å². The Hall–Kier alpha value is -2.96. The number of hydrogen-bond acceptors (Lipinski definition) is 5. The highest BCUT2D eigenvalue weighted by Crippen LogP contribution is 2.26. The molecule has 25 heavy (non-hydrogen) atoms. The van der Waals surface area contributed by atoms with Crippen LogP contribution < -0.4 is 5.32 Å². The number of aromatic nitrogens is 4. The Morgan fingerprint density at radius 1 is 1.28 bits per heavy atom. The number of aryl methyl sites for hydroxylation is 2. The van der Waals surface area contributed by atoms with Crippen molar-refractivity contribution in [2.75, 3.05) is 5.32 Å². The average Bonchev–Trinajstić information content (AvgIpc) is 3.14. The summed E-state index contributed by atoms with van der Waals surface area (Å²) < 4.78 is 6.87. The van der Waals surface area contributed by atoms with Crippen LogP contribution in [0.25, 0.3) is 0 Å². The van der Waals surface area contributed by atoms with Gasteiger partial charge in [0.1, 0.15) is 5.76 Å². The number of nitrogens with one attached hydrogen (secondary N) is 1. The van der Waals surface area contributed by atoms with Crippen molar-refractivity contribution in [2.24, 2.45) is 0 Å². The van der Waals surface area contributed by atoms with Crippen molar-refractivity contribution in [3.63, 3.8) is 0 Å². The number of nitrogens with zero attached hydrogens (tertiary/aromatic N) is 4. The first-order chi connectivity index (χ1) is 12.0. The minimum absolute atomic E-state index is 0.0191. The fourth-order valence-corrected chi connectivity index (χ4v) is 2.97. The lowest BCUT2D eigenvalue weighted by Crippen LogP contribution is -2.15. The molecule has 3 aromatic rings. The van der Waals surface area contributed by atoms with Crippen LogP contribution in [0.4, 0.5) is 5.82 Å². The van der Waals surface area contributed by atoms with Crippen molar-refractivity contribution in [1.82, 2.24) is 20.2 Å². The lowest BCUT2D eigenvalue weighted by Gasteiger charge is -2.10. The molecule has 2 heterocycles. The van der Waals surface area contributed by atoms with Gasteiger partial charge in [-0.2, -0.15) is 0 Å². The van der Waals surface area contributed by atoms with E-state index in [4.69, 9.17) is 4.52 Å². The van der Waals surface area contributed by atoms with Crippen LogP contribution in [0.2, 0.25) is 0 Å². The first kappa shape index (κ1) is 16.9. The van der Waals surface area contributed by atoms with Gasteiger partial charge in [0, 0.05) is 12.0 Å². The van der Waals surface area contributed by atoms with Crippen LogP contribution in [-0.2, 0) is 11.3 Å². The van der Waals surface area contributed by atoms with Crippen molar-refractivity contribution in [3.05, 3.63) is 59.1 Å². The van der Waals surface area contributed by atoms with Crippen molar-refractivity contribution in [2.45, 2.75) is 39.7 Å². The highest BCUT2D eigenvalue weighted by Gasteiger charge is 2.19. The van der Waals surface area contributed by atoms with Gasteiger partial charge in [-0.25, -0.2) is 4.68 Å². The van der Waals surface area contributed by atoms with Gasteiger partial charge in [0.05, 0.1) is 18.4 Å². The fraction of sp³-hybridized carbons (Fsp3) is 0.333. The van der Waals surface area contributed by atoms with Gasteiger partial charge in [0.2, 0.25) is 5.91 Å². The maximum atomic E-state index is 12.3. The summed E-state index contributed by atoms with van der Waals surface area (Å²) in [7, 11) is 0. The standard InChI is InChI=1S/C18H21N5O2/c1-12(18-13(2)21-25-14(18)3)9-17(24)19-16-11-23(22-20-16)10-15-7-5-4-6-8-15/h4-8,11-12H,9-10H2,1-3H3,(H,19,24)/t12-/m0/s1. The van der Waals surface area contributed by atoms with Crippen molar-refractivity contribution < 1.29 is 9.32 Å². The van der Waals surface area contributed by atoms with Crippen molar-refractivity contribution in [3.8, 4) is 0 Å². The predicted octanol–water partition coefficient (Wildman–Crippen LogP) is 3.06. The van der Waals surface area contributed by atoms with Crippen LogP contribution in [0.3, 0.4) is 0 Å². The van der Waals surface area contributed by atoms with E-state index >= 15 is 0 Å². The average molecular weight is 339 g/mol. The Balaban J connectivity index is 1.58. The molecule has 0 fully saturated rings. The van der Waals surface area contributed by atoms with E-state index in [9.17, 15) is 4.79 Å². The highest BCUT2D eigenvalue weighted by atomic mass is 16.5. The third-order valence-electron chi connectivity index (χ3n) is 4.07. The van der Waals surface area contributed by atoms with E-state index in [2.05, 4.69) is 20.8 Å². The zero-order valence-electron chi connectivity index (χ0n) is 14.6. The second-order valence-corrected chi connectivity index (χ2v) is 6.18. The Labute approximate surface area is 146 Å². The van der Waals surface area contributed by atoms with E-state index in [1.807, 2.05) is 51.1 Å². The summed E-state index contributed by atoms with van der Waals surface area (Å²) in [6, 6.07) is 9.96. The SMILES string of the molecule is Cc1noc(C)c1[C@@H](C)CC(=O)Nc1cn(Cc2ccccc2)nn1. The van der Waals surface area contributed by atoms with E-state index in [1.165, 1.54) is 0 Å². The van der Waals surface area contributed by atoms with Crippen LogP contribution in [0.15, 0.2) is 41.1 Å². The van der Waals surface area contributed by atoms with E-state index in [1.54, 1.807) is 10.9 Å². The lowest BCUT2D eigenvalue weighted by molar-refractivity contribution is -0.116. The molecule has 0 spiro atoms. The Kier molecular flexibility index (Phi) is 4.92. The molecule has 7 nitrogen and oxygen atoms in total. The molecule has 1 N–H and O–H groups in total. The Bertz CT molecular complexity index is 834. The first-order valence-electron chi connectivity index (χ1n) is 8.19. The molecule has 0 aliphatic carbocycles. The van der Waals surface area contributed by atoms with Crippen LogP contribution in [-0.4, -0.2) is 26.1 Å². The second-order valence-electron chi connectivity index (χ2n) is 6.18. The molecule has 130 valence electrons. The first-order valence-corrected chi connectivity index (χ1v) is 8.19. The lowest BCUT2D eigenvalue weighted by atomic mass is 9.96. The van der Waals surface area contributed by atoms with Gasteiger partial charge in [0.15, 0.2) is 5.82 Å². The molecule has 1 amide bonds.